The number of carbonyl (C=O) groups excluding carboxylic acids is 2. The molecular formula is C23H27FN2O3. The third kappa shape index (κ3) is 5.21. The Morgan fingerprint density at radius 3 is 2.41 bits per heavy atom. The lowest BCUT2D eigenvalue weighted by Crippen LogP contribution is -2.58. The molecule has 0 bridgehead atoms. The summed E-state index contributed by atoms with van der Waals surface area (Å²) in [6.07, 6.45) is 0. The van der Waals surface area contributed by atoms with E-state index in [2.05, 4.69) is 11.8 Å². The molecule has 1 saturated heterocycles. The van der Waals surface area contributed by atoms with Crippen LogP contribution in [-0.2, 0) is 11.3 Å². The Morgan fingerprint density at radius 2 is 1.72 bits per heavy atom. The highest BCUT2D eigenvalue weighted by atomic mass is 19.1. The lowest BCUT2D eigenvalue weighted by atomic mass is 10.1. The Bertz CT molecular complexity index is 869. The molecule has 0 aliphatic carbocycles. The summed E-state index contributed by atoms with van der Waals surface area (Å²) in [4.78, 5) is 28.6. The van der Waals surface area contributed by atoms with E-state index in [1.165, 1.54) is 19.1 Å². The van der Waals surface area contributed by atoms with Gasteiger partial charge in [-0.3, -0.25) is 14.5 Å². The highest BCUT2D eigenvalue weighted by Gasteiger charge is 2.32. The lowest BCUT2D eigenvalue weighted by molar-refractivity contribution is -0.139. The zero-order valence-electron chi connectivity index (χ0n) is 17.1. The minimum atomic E-state index is -0.239. The Morgan fingerprint density at radius 1 is 1.03 bits per heavy atom. The van der Waals surface area contributed by atoms with E-state index in [1.807, 2.05) is 11.8 Å². The molecule has 1 heterocycles. The predicted molar refractivity (Wildman–Crippen MR) is 109 cm³/mol. The van der Waals surface area contributed by atoms with Crippen LogP contribution in [0.2, 0.25) is 0 Å². The fraction of sp³-hybridized carbons (Fsp3) is 0.391. The lowest BCUT2D eigenvalue weighted by Gasteiger charge is -2.44. The number of benzene rings is 2. The van der Waals surface area contributed by atoms with Gasteiger partial charge >= 0.3 is 0 Å². The summed E-state index contributed by atoms with van der Waals surface area (Å²) in [5.74, 6) is 0.00881. The van der Waals surface area contributed by atoms with Crippen molar-refractivity contribution in [2.24, 2.45) is 0 Å². The molecule has 0 N–H and O–H groups in total. The molecule has 0 unspecified atom stereocenters. The van der Waals surface area contributed by atoms with Crippen molar-refractivity contribution in [3.05, 3.63) is 65.5 Å². The first-order valence-electron chi connectivity index (χ1n) is 9.86. The summed E-state index contributed by atoms with van der Waals surface area (Å²) >= 11 is 0. The predicted octanol–water partition coefficient (Wildman–Crippen LogP) is 3.53. The summed E-state index contributed by atoms with van der Waals surface area (Å²) < 4.78 is 18.8. The molecule has 0 spiro atoms. The van der Waals surface area contributed by atoms with Gasteiger partial charge in [-0.1, -0.05) is 24.3 Å². The maximum Gasteiger partial charge on any atom is 0.260 e. The molecule has 1 aliphatic heterocycles. The van der Waals surface area contributed by atoms with E-state index < -0.39 is 0 Å². The zero-order chi connectivity index (χ0) is 21.0. The highest BCUT2D eigenvalue weighted by molar-refractivity contribution is 5.96. The van der Waals surface area contributed by atoms with Crippen LogP contribution in [0.5, 0.6) is 5.75 Å². The first kappa shape index (κ1) is 21.0. The number of amides is 1. The van der Waals surface area contributed by atoms with E-state index >= 15 is 0 Å². The van der Waals surface area contributed by atoms with Crippen molar-refractivity contribution in [3.63, 3.8) is 0 Å². The molecule has 6 heteroatoms. The number of para-hydroxylation sites is 1. The van der Waals surface area contributed by atoms with Crippen LogP contribution in [0.3, 0.4) is 0 Å². The Hall–Kier alpha value is -2.73. The van der Waals surface area contributed by atoms with E-state index in [-0.39, 0.29) is 36.2 Å². The number of rotatable bonds is 6. The number of hydrogen-bond donors (Lipinski definition) is 0. The largest absolute Gasteiger partial charge is 0.483 e. The minimum Gasteiger partial charge on any atom is -0.483 e. The van der Waals surface area contributed by atoms with Gasteiger partial charge in [0.25, 0.3) is 5.91 Å². The third-order valence-corrected chi connectivity index (χ3v) is 5.35. The molecule has 29 heavy (non-hydrogen) atoms. The first-order chi connectivity index (χ1) is 13.8. The van der Waals surface area contributed by atoms with Crippen LogP contribution in [0.15, 0.2) is 48.5 Å². The molecule has 2 atom stereocenters. The van der Waals surface area contributed by atoms with Crippen molar-refractivity contribution in [1.29, 1.82) is 0 Å². The summed E-state index contributed by atoms with van der Waals surface area (Å²) in [6.45, 7) is 7.53. The summed E-state index contributed by atoms with van der Waals surface area (Å²) in [6, 6.07) is 13.7. The number of halogens is 1. The first-order valence-corrected chi connectivity index (χ1v) is 9.86. The number of Topliss-reactive ketones (excluding diaryl/α,β-unsaturated/α-hetero) is 1. The van der Waals surface area contributed by atoms with Gasteiger partial charge in [-0.2, -0.15) is 0 Å². The van der Waals surface area contributed by atoms with Gasteiger partial charge < -0.3 is 9.64 Å². The summed E-state index contributed by atoms with van der Waals surface area (Å²) in [5, 5.41) is 0. The molecule has 1 aliphatic rings. The molecular weight excluding hydrogens is 371 g/mol. The maximum absolute atomic E-state index is 13.1. The van der Waals surface area contributed by atoms with Gasteiger partial charge in [0.2, 0.25) is 0 Å². The standard InChI is InChI=1S/C23H27FN2O3/c1-16-13-26(17(2)12-25(16)14-19-8-10-20(24)11-9-19)23(28)15-29-22-7-5-4-6-21(22)18(3)27/h4-11,16-17H,12-15H2,1-3H3/t16-,17+/m1/s1. The third-order valence-electron chi connectivity index (χ3n) is 5.35. The van der Waals surface area contributed by atoms with Crippen LogP contribution in [0.4, 0.5) is 4.39 Å². The second-order valence-electron chi connectivity index (χ2n) is 7.64. The molecule has 2 aromatic carbocycles. The molecule has 1 amide bonds. The van der Waals surface area contributed by atoms with Crippen molar-refractivity contribution < 1.29 is 18.7 Å². The van der Waals surface area contributed by atoms with E-state index in [0.717, 1.165) is 18.7 Å². The van der Waals surface area contributed by atoms with Crippen molar-refractivity contribution in [3.8, 4) is 5.75 Å². The second-order valence-corrected chi connectivity index (χ2v) is 7.64. The zero-order valence-corrected chi connectivity index (χ0v) is 17.1. The van der Waals surface area contributed by atoms with E-state index in [0.29, 0.717) is 17.9 Å². The number of ketones is 1. The van der Waals surface area contributed by atoms with Gasteiger partial charge in [0.1, 0.15) is 11.6 Å². The highest BCUT2D eigenvalue weighted by Crippen LogP contribution is 2.21. The van der Waals surface area contributed by atoms with Crippen molar-refractivity contribution in [2.75, 3.05) is 19.7 Å². The average Bonchev–Trinajstić information content (AvgIpc) is 2.70. The van der Waals surface area contributed by atoms with Crippen LogP contribution >= 0.6 is 0 Å². The molecule has 154 valence electrons. The van der Waals surface area contributed by atoms with Gasteiger partial charge in [-0.25, -0.2) is 4.39 Å². The maximum atomic E-state index is 13.1. The smallest absolute Gasteiger partial charge is 0.260 e. The molecule has 0 saturated carbocycles. The van der Waals surface area contributed by atoms with Gasteiger partial charge in [0.15, 0.2) is 12.4 Å². The Labute approximate surface area is 171 Å². The number of nitrogens with zero attached hydrogens (tertiary/aromatic N) is 2. The fourth-order valence-electron chi connectivity index (χ4n) is 3.70. The summed E-state index contributed by atoms with van der Waals surface area (Å²) in [5.41, 5.74) is 1.53. The molecule has 5 nitrogen and oxygen atoms in total. The van der Waals surface area contributed by atoms with Gasteiger partial charge in [0, 0.05) is 31.7 Å². The SMILES string of the molecule is CC(=O)c1ccccc1OCC(=O)N1C[C@@H](C)N(Cc2ccc(F)cc2)C[C@@H]1C. The topological polar surface area (TPSA) is 49.9 Å². The number of carbonyl (C=O) groups is 2. The van der Waals surface area contributed by atoms with Crippen molar-refractivity contribution >= 4 is 11.7 Å². The molecule has 3 rings (SSSR count). The number of ether oxygens (including phenoxy) is 1. The monoisotopic (exact) mass is 398 g/mol. The Kier molecular flexibility index (Phi) is 6.64. The molecule has 1 fully saturated rings. The van der Waals surface area contributed by atoms with Gasteiger partial charge in [0.05, 0.1) is 5.56 Å². The normalized spacial score (nSPS) is 19.8. The van der Waals surface area contributed by atoms with Crippen molar-refractivity contribution in [1.82, 2.24) is 9.80 Å². The molecule has 0 radical (unpaired) electrons. The molecule has 0 aromatic heterocycles. The van der Waals surface area contributed by atoms with Crippen LogP contribution in [0, 0.1) is 5.82 Å². The van der Waals surface area contributed by atoms with Gasteiger partial charge in [-0.05, 0) is 50.6 Å². The van der Waals surface area contributed by atoms with Gasteiger partial charge in [-0.15, -0.1) is 0 Å². The quantitative estimate of drug-likeness (QED) is 0.699. The van der Waals surface area contributed by atoms with E-state index in [1.54, 1.807) is 36.4 Å². The average molecular weight is 398 g/mol. The van der Waals surface area contributed by atoms with Crippen LogP contribution in [0.1, 0.15) is 36.7 Å². The van der Waals surface area contributed by atoms with Crippen LogP contribution in [0.25, 0.3) is 0 Å². The minimum absolute atomic E-state index is 0.0331. The Balaban J connectivity index is 1.59. The molecule has 2 aromatic rings. The van der Waals surface area contributed by atoms with E-state index in [9.17, 15) is 14.0 Å². The second kappa shape index (κ2) is 9.18. The van der Waals surface area contributed by atoms with Crippen molar-refractivity contribution in [2.45, 2.75) is 39.4 Å². The van der Waals surface area contributed by atoms with Crippen LogP contribution in [-0.4, -0.2) is 53.3 Å². The number of piperazine rings is 1. The summed E-state index contributed by atoms with van der Waals surface area (Å²) in [7, 11) is 0. The fourth-order valence-corrected chi connectivity index (χ4v) is 3.70. The van der Waals surface area contributed by atoms with E-state index in [4.69, 9.17) is 4.74 Å². The van der Waals surface area contributed by atoms with Crippen LogP contribution < -0.4 is 4.74 Å². The number of hydrogen-bond acceptors (Lipinski definition) is 4.